The summed E-state index contributed by atoms with van der Waals surface area (Å²) in [6.07, 6.45) is 4.40. The first-order valence-corrected chi connectivity index (χ1v) is 8.23. The first-order chi connectivity index (χ1) is 11.0. The van der Waals surface area contributed by atoms with E-state index in [1.807, 2.05) is 26.1 Å². The van der Waals surface area contributed by atoms with Crippen LogP contribution in [0.4, 0.5) is 5.82 Å². The highest BCUT2D eigenvalue weighted by molar-refractivity contribution is 14.0. The van der Waals surface area contributed by atoms with Crippen molar-refractivity contribution in [3.05, 3.63) is 23.9 Å². The second-order valence-corrected chi connectivity index (χ2v) is 6.46. The van der Waals surface area contributed by atoms with Crippen LogP contribution in [0.25, 0.3) is 0 Å². The van der Waals surface area contributed by atoms with Crippen LogP contribution in [0.3, 0.4) is 0 Å². The molecule has 2 heterocycles. The molecule has 1 aromatic rings. The minimum atomic E-state index is -0.225. The fourth-order valence-corrected chi connectivity index (χ4v) is 2.46. The number of aliphatic imine (C=N–C) groups is 1. The van der Waals surface area contributed by atoms with Crippen molar-refractivity contribution >= 4 is 35.8 Å². The predicted octanol–water partition coefficient (Wildman–Crippen LogP) is 2.39. The molecule has 0 amide bonds. The smallest absolute Gasteiger partial charge is 0.191 e. The van der Waals surface area contributed by atoms with Crippen LogP contribution >= 0.6 is 24.0 Å². The van der Waals surface area contributed by atoms with E-state index in [0.717, 1.165) is 31.4 Å². The Morgan fingerprint density at radius 2 is 2.04 bits per heavy atom. The zero-order valence-corrected chi connectivity index (χ0v) is 17.5. The molecular weight excluding hydrogens is 417 g/mol. The molecule has 24 heavy (non-hydrogen) atoms. The van der Waals surface area contributed by atoms with Gasteiger partial charge in [-0.2, -0.15) is 0 Å². The Morgan fingerprint density at radius 1 is 1.33 bits per heavy atom. The van der Waals surface area contributed by atoms with Gasteiger partial charge in [0.25, 0.3) is 0 Å². The van der Waals surface area contributed by atoms with Gasteiger partial charge in [0.15, 0.2) is 5.96 Å². The van der Waals surface area contributed by atoms with Crippen molar-refractivity contribution in [1.29, 1.82) is 0 Å². The third-order valence-electron chi connectivity index (χ3n) is 4.16. The third-order valence-corrected chi connectivity index (χ3v) is 4.16. The summed E-state index contributed by atoms with van der Waals surface area (Å²) in [5, 5.41) is 6.63. The SMILES string of the molecule is CN=C(NCc1ccnc(N2CCCC2)c1)NCC(C)(C)OC.I. The van der Waals surface area contributed by atoms with Crippen LogP contribution in [-0.2, 0) is 11.3 Å². The lowest BCUT2D eigenvalue weighted by Crippen LogP contribution is -2.45. The van der Waals surface area contributed by atoms with Crippen molar-refractivity contribution in [2.24, 2.45) is 4.99 Å². The topological polar surface area (TPSA) is 61.8 Å². The summed E-state index contributed by atoms with van der Waals surface area (Å²) < 4.78 is 5.41. The summed E-state index contributed by atoms with van der Waals surface area (Å²) in [5.74, 6) is 1.85. The van der Waals surface area contributed by atoms with Crippen molar-refractivity contribution in [1.82, 2.24) is 15.6 Å². The van der Waals surface area contributed by atoms with Crippen LogP contribution in [0.1, 0.15) is 32.3 Å². The number of halogens is 1. The monoisotopic (exact) mass is 447 g/mol. The zero-order valence-electron chi connectivity index (χ0n) is 15.1. The lowest BCUT2D eigenvalue weighted by molar-refractivity contribution is 0.0268. The quantitative estimate of drug-likeness (QED) is 0.399. The Bertz CT molecular complexity index is 529. The van der Waals surface area contributed by atoms with Gasteiger partial charge >= 0.3 is 0 Å². The molecule has 6 nitrogen and oxygen atoms in total. The summed E-state index contributed by atoms with van der Waals surface area (Å²) in [5.41, 5.74) is 0.980. The van der Waals surface area contributed by atoms with E-state index in [1.54, 1.807) is 14.2 Å². The van der Waals surface area contributed by atoms with Crippen LogP contribution in [0, 0.1) is 0 Å². The molecular formula is C17H30IN5O. The first kappa shape index (κ1) is 21.0. The van der Waals surface area contributed by atoms with E-state index >= 15 is 0 Å². The summed E-state index contributed by atoms with van der Waals surface area (Å²) in [7, 11) is 3.49. The number of guanidine groups is 1. The Labute approximate surface area is 162 Å². The van der Waals surface area contributed by atoms with Gasteiger partial charge in [0, 0.05) is 46.5 Å². The predicted molar refractivity (Wildman–Crippen MR) is 110 cm³/mol. The van der Waals surface area contributed by atoms with Gasteiger partial charge in [0.05, 0.1) is 5.60 Å². The van der Waals surface area contributed by atoms with E-state index in [-0.39, 0.29) is 29.6 Å². The number of hydrogen-bond donors (Lipinski definition) is 2. The van der Waals surface area contributed by atoms with E-state index in [1.165, 1.54) is 18.4 Å². The summed E-state index contributed by atoms with van der Waals surface area (Å²) in [6.45, 7) is 7.71. The van der Waals surface area contributed by atoms with E-state index in [2.05, 4.69) is 31.6 Å². The molecule has 7 heteroatoms. The van der Waals surface area contributed by atoms with E-state index in [9.17, 15) is 0 Å². The summed E-state index contributed by atoms with van der Waals surface area (Å²) in [4.78, 5) is 11.1. The molecule has 1 aliphatic rings. The molecule has 1 fully saturated rings. The number of rotatable bonds is 6. The summed E-state index contributed by atoms with van der Waals surface area (Å²) >= 11 is 0. The molecule has 0 aromatic carbocycles. The van der Waals surface area contributed by atoms with Gasteiger partial charge in [-0.1, -0.05) is 0 Å². The maximum absolute atomic E-state index is 5.41. The zero-order chi connectivity index (χ0) is 16.7. The van der Waals surface area contributed by atoms with Gasteiger partial charge in [-0.15, -0.1) is 24.0 Å². The van der Waals surface area contributed by atoms with Crippen molar-refractivity contribution in [2.75, 3.05) is 38.7 Å². The second-order valence-electron chi connectivity index (χ2n) is 6.46. The van der Waals surface area contributed by atoms with Gasteiger partial charge in [-0.25, -0.2) is 4.98 Å². The van der Waals surface area contributed by atoms with Gasteiger partial charge in [0.2, 0.25) is 0 Å². The number of nitrogens with zero attached hydrogens (tertiary/aromatic N) is 3. The summed E-state index contributed by atoms with van der Waals surface area (Å²) in [6, 6.07) is 4.20. The molecule has 0 atom stereocenters. The fourth-order valence-electron chi connectivity index (χ4n) is 2.46. The van der Waals surface area contributed by atoms with Gasteiger partial charge in [-0.05, 0) is 44.4 Å². The molecule has 0 aliphatic carbocycles. The Hall–Kier alpha value is -1.09. The van der Waals surface area contributed by atoms with Crippen LogP contribution in [0.2, 0.25) is 0 Å². The first-order valence-electron chi connectivity index (χ1n) is 8.23. The molecule has 1 saturated heterocycles. The maximum Gasteiger partial charge on any atom is 0.191 e. The molecule has 0 saturated carbocycles. The molecule has 0 spiro atoms. The largest absolute Gasteiger partial charge is 0.377 e. The minimum absolute atomic E-state index is 0. The van der Waals surface area contributed by atoms with E-state index in [4.69, 9.17) is 4.74 Å². The molecule has 2 N–H and O–H groups in total. The number of hydrogen-bond acceptors (Lipinski definition) is 4. The molecule has 0 unspecified atom stereocenters. The lowest BCUT2D eigenvalue weighted by atomic mass is 10.1. The van der Waals surface area contributed by atoms with Crippen LogP contribution in [0.15, 0.2) is 23.3 Å². The van der Waals surface area contributed by atoms with Crippen LogP contribution in [0.5, 0.6) is 0 Å². The molecule has 0 radical (unpaired) electrons. The Kier molecular flexibility index (Phi) is 8.75. The third kappa shape index (κ3) is 6.43. The number of nitrogens with one attached hydrogen (secondary N) is 2. The highest BCUT2D eigenvalue weighted by atomic mass is 127. The minimum Gasteiger partial charge on any atom is -0.377 e. The Morgan fingerprint density at radius 3 is 2.67 bits per heavy atom. The van der Waals surface area contributed by atoms with Crippen LogP contribution < -0.4 is 15.5 Å². The highest BCUT2D eigenvalue weighted by Crippen LogP contribution is 2.18. The number of methoxy groups -OCH3 is 1. The fraction of sp³-hybridized carbons (Fsp3) is 0.647. The van der Waals surface area contributed by atoms with Crippen molar-refractivity contribution in [3.63, 3.8) is 0 Å². The second kappa shape index (κ2) is 10.0. The molecule has 1 aromatic heterocycles. The van der Waals surface area contributed by atoms with Crippen molar-refractivity contribution < 1.29 is 4.74 Å². The van der Waals surface area contributed by atoms with Crippen molar-refractivity contribution in [3.8, 4) is 0 Å². The molecule has 1 aliphatic heterocycles. The number of aromatic nitrogens is 1. The maximum atomic E-state index is 5.41. The molecule has 0 bridgehead atoms. The Balaban J connectivity index is 0.00000288. The number of pyridine rings is 1. The average Bonchev–Trinajstić information content (AvgIpc) is 3.10. The number of anilines is 1. The average molecular weight is 447 g/mol. The van der Waals surface area contributed by atoms with E-state index in [0.29, 0.717) is 6.54 Å². The van der Waals surface area contributed by atoms with Gasteiger partial charge in [-0.3, -0.25) is 4.99 Å². The lowest BCUT2D eigenvalue weighted by Gasteiger charge is -2.24. The van der Waals surface area contributed by atoms with Gasteiger partial charge < -0.3 is 20.3 Å². The standard InChI is InChI=1S/C17H29N5O.HI/c1-17(2,23-4)13-21-16(18-3)20-12-14-7-8-19-15(11-14)22-9-5-6-10-22;/h7-8,11H,5-6,9-10,12-13H2,1-4H3,(H2,18,20,21);1H. The highest BCUT2D eigenvalue weighted by Gasteiger charge is 2.17. The van der Waals surface area contributed by atoms with Crippen LogP contribution in [-0.4, -0.2) is 50.3 Å². The van der Waals surface area contributed by atoms with Gasteiger partial charge in [0.1, 0.15) is 5.82 Å². The number of ether oxygens (including phenoxy) is 1. The molecule has 136 valence electrons. The normalized spacial score (nSPS) is 15.2. The van der Waals surface area contributed by atoms with Crippen molar-refractivity contribution in [2.45, 2.75) is 38.8 Å². The molecule has 2 rings (SSSR count). The van der Waals surface area contributed by atoms with E-state index < -0.39 is 0 Å².